The van der Waals surface area contributed by atoms with E-state index in [9.17, 15) is 14.7 Å². The minimum Gasteiger partial charge on any atom is -0.508 e. The van der Waals surface area contributed by atoms with E-state index in [1.807, 2.05) is 50.2 Å². The highest BCUT2D eigenvalue weighted by Crippen LogP contribution is 2.41. The molecule has 0 saturated heterocycles. The van der Waals surface area contributed by atoms with Gasteiger partial charge >= 0.3 is 0 Å². The van der Waals surface area contributed by atoms with E-state index in [0.29, 0.717) is 22.2 Å². The fourth-order valence-electron chi connectivity index (χ4n) is 4.05. The fourth-order valence-corrected chi connectivity index (χ4v) is 4.05. The van der Waals surface area contributed by atoms with Gasteiger partial charge in [-0.3, -0.25) is 14.5 Å². The standard InChI is InChI=1S/C25H19NO4/c1-14-12-19-20(13-15(14)2)30-24-21(23(19)28)22(16-8-10-18(27)11-9-16)26(25(24)29)17-6-4-3-5-7-17/h3-13,22,27H,1-2H3. The highest BCUT2D eigenvalue weighted by atomic mass is 16.3. The van der Waals surface area contributed by atoms with Crippen molar-refractivity contribution in [2.24, 2.45) is 0 Å². The molecule has 0 fully saturated rings. The van der Waals surface area contributed by atoms with Crippen LogP contribution >= 0.6 is 0 Å². The number of para-hydroxylation sites is 1. The van der Waals surface area contributed by atoms with Crippen molar-refractivity contribution in [2.75, 3.05) is 4.90 Å². The van der Waals surface area contributed by atoms with Crippen LogP contribution in [0.4, 0.5) is 5.69 Å². The lowest BCUT2D eigenvalue weighted by molar-refractivity contribution is 0.0971. The Morgan fingerprint density at radius 3 is 2.27 bits per heavy atom. The summed E-state index contributed by atoms with van der Waals surface area (Å²) in [5.41, 5.74) is 3.90. The number of phenols is 1. The molecule has 1 N–H and O–H groups in total. The van der Waals surface area contributed by atoms with Gasteiger partial charge in [0, 0.05) is 5.69 Å². The average molecular weight is 397 g/mol. The number of fused-ring (bicyclic) bond motifs is 2. The van der Waals surface area contributed by atoms with E-state index < -0.39 is 6.04 Å². The van der Waals surface area contributed by atoms with E-state index in [1.165, 1.54) is 0 Å². The van der Waals surface area contributed by atoms with Gasteiger partial charge < -0.3 is 9.52 Å². The summed E-state index contributed by atoms with van der Waals surface area (Å²) in [5, 5.41) is 10.2. The third kappa shape index (κ3) is 2.63. The number of aryl methyl sites for hydroxylation is 2. The molecule has 1 unspecified atom stereocenters. The Labute approximate surface area is 172 Å². The van der Waals surface area contributed by atoms with E-state index >= 15 is 0 Å². The van der Waals surface area contributed by atoms with Crippen LogP contribution in [-0.4, -0.2) is 11.0 Å². The molecule has 3 aromatic carbocycles. The molecule has 2 heterocycles. The summed E-state index contributed by atoms with van der Waals surface area (Å²) in [6.07, 6.45) is 0. The van der Waals surface area contributed by atoms with Crippen LogP contribution in [0.25, 0.3) is 11.0 Å². The SMILES string of the molecule is Cc1cc2oc3c(c(=O)c2cc1C)C(c1ccc(O)cc1)N(c1ccccc1)C3=O. The van der Waals surface area contributed by atoms with Crippen LogP contribution in [0.2, 0.25) is 0 Å². The minimum absolute atomic E-state index is 0.0673. The first-order valence-electron chi connectivity index (χ1n) is 9.71. The Bertz CT molecular complexity index is 1350. The summed E-state index contributed by atoms with van der Waals surface area (Å²) in [6, 6.07) is 18.8. The summed E-state index contributed by atoms with van der Waals surface area (Å²) >= 11 is 0. The lowest BCUT2D eigenvalue weighted by Gasteiger charge is -2.25. The normalized spacial score (nSPS) is 15.6. The molecule has 0 aliphatic carbocycles. The summed E-state index contributed by atoms with van der Waals surface area (Å²) < 4.78 is 6.02. The van der Waals surface area contributed by atoms with Crippen molar-refractivity contribution in [3.05, 3.63) is 105 Å². The van der Waals surface area contributed by atoms with E-state index in [4.69, 9.17) is 4.42 Å². The van der Waals surface area contributed by atoms with E-state index in [1.54, 1.807) is 35.2 Å². The third-order valence-electron chi connectivity index (χ3n) is 5.73. The number of amides is 1. The molecule has 30 heavy (non-hydrogen) atoms. The molecular weight excluding hydrogens is 378 g/mol. The zero-order valence-electron chi connectivity index (χ0n) is 16.5. The first-order chi connectivity index (χ1) is 14.5. The van der Waals surface area contributed by atoms with Crippen LogP contribution in [0.5, 0.6) is 5.75 Å². The van der Waals surface area contributed by atoms with Crippen LogP contribution in [-0.2, 0) is 0 Å². The van der Waals surface area contributed by atoms with Gasteiger partial charge in [-0.05, 0) is 66.9 Å². The molecule has 1 aromatic heterocycles. The van der Waals surface area contributed by atoms with E-state index in [2.05, 4.69) is 0 Å². The van der Waals surface area contributed by atoms with Crippen molar-refractivity contribution < 1.29 is 14.3 Å². The number of carbonyl (C=O) groups excluding carboxylic acids is 1. The van der Waals surface area contributed by atoms with Gasteiger partial charge in [-0.1, -0.05) is 30.3 Å². The van der Waals surface area contributed by atoms with Crippen molar-refractivity contribution in [2.45, 2.75) is 19.9 Å². The van der Waals surface area contributed by atoms with Crippen LogP contribution < -0.4 is 10.3 Å². The monoisotopic (exact) mass is 397 g/mol. The Hall–Kier alpha value is -3.86. The molecule has 5 nitrogen and oxygen atoms in total. The molecular formula is C25H19NO4. The summed E-state index contributed by atoms with van der Waals surface area (Å²) in [7, 11) is 0. The third-order valence-corrected chi connectivity index (χ3v) is 5.73. The Morgan fingerprint density at radius 1 is 0.900 bits per heavy atom. The van der Waals surface area contributed by atoms with Crippen molar-refractivity contribution in [3.8, 4) is 5.75 Å². The minimum atomic E-state index is -0.641. The van der Waals surface area contributed by atoms with Crippen LogP contribution in [0.3, 0.4) is 0 Å². The second-order valence-electron chi connectivity index (χ2n) is 7.61. The lowest BCUT2D eigenvalue weighted by Crippen LogP contribution is -2.29. The maximum atomic E-state index is 13.6. The van der Waals surface area contributed by atoms with Crippen molar-refractivity contribution in [3.63, 3.8) is 0 Å². The van der Waals surface area contributed by atoms with Gasteiger partial charge in [0.15, 0.2) is 5.43 Å². The maximum Gasteiger partial charge on any atom is 0.295 e. The number of hydrogen-bond acceptors (Lipinski definition) is 4. The molecule has 1 aliphatic heterocycles. The molecule has 5 rings (SSSR count). The number of aromatic hydroxyl groups is 1. The van der Waals surface area contributed by atoms with E-state index in [-0.39, 0.29) is 22.8 Å². The summed E-state index contributed by atoms with van der Waals surface area (Å²) in [4.78, 5) is 28.6. The number of nitrogens with zero attached hydrogens (tertiary/aromatic N) is 1. The van der Waals surface area contributed by atoms with Gasteiger partial charge in [-0.15, -0.1) is 0 Å². The van der Waals surface area contributed by atoms with Crippen molar-refractivity contribution in [1.82, 2.24) is 0 Å². The number of hydrogen-bond donors (Lipinski definition) is 1. The molecule has 4 aromatic rings. The van der Waals surface area contributed by atoms with Gasteiger partial charge in [0.05, 0.1) is 17.0 Å². The van der Waals surface area contributed by atoms with Crippen molar-refractivity contribution in [1.29, 1.82) is 0 Å². The number of benzene rings is 3. The second-order valence-corrected chi connectivity index (χ2v) is 7.61. The second kappa shape index (κ2) is 6.59. The predicted molar refractivity (Wildman–Crippen MR) is 115 cm³/mol. The highest BCUT2D eigenvalue weighted by molar-refractivity contribution is 6.10. The number of carbonyl (C=O) groups is 1. The zero-order valence-corrected chi connectivity index (χ0v) is 16.5. The number of rotatable bonds is 2. The number of anilines is 1. The highest BCUT2D eigenvalue weighted by Gasteiger charge is 2.43. The zero-order chi connectivity index (χ0) is 21.0. The summed E-state index contributed by atoms with van der Waals surface area (Å²) in [5.74, 6) is -0.171. The van der Waals surface area contributed by atoms with Gasteiger partial charge in [0.1, 0.15) is 11.3 Å². The van der Waals surface area contributed by atoms with Crippen LogP contribution in [0, 0.1) is 13.8 Å². The molecule has 1 amide bonds. The first kappa shape index (κ1) is 18.2. The molecule has 0 spiro atoms. The Balaban J connectivity index is 1.83. The quantitative estimate of drug-likeness (QED) is 0.524. The van der Waals surface area contributed by atoms with Crippen LogP contribution in [0.15, 0.2) is 75.9 Å². The van der Waals surface area contributed by atoms with E-state index in [0.717, 1.165) is 16.7 Å². The Kier molecular flexibility index (Phi) is 4.00. The van der Waals surface area contributed by atoms with Crippen molar-refractivity contribution >= 4 is 22.6 Å². The van der Waals surface area contributed by atoms with Gasteiger partial charge in [0.2, 0.25) is 5.76 Å². The topological polar surface area (TPSA) is 70.8 Å². The average Bonchev–Trinajstić information content (AvgIpc) is 3.04. The Morgan fingerprint density at radius 2 is 1.57 bits per heavy atom. The molecule has 0 bridgehead atoms. The number of phenolic OH excluding ortho intramolecular Hbond substituents is 1. The molecule has 1 atom stereocenters. The van der Waals surface area contributed by atoms with Crippen LogP contribution in [0.1, 0.15) is 38.9 Å². The van der Waals surface area contributed by atoms with Gasteiger partial charge in [0.25, 0.3) is 5.91 Å². The molecule has 5 heteroatoms. The largest absolute Gasteiger partial charge is 0.508 e. The molecule has 1 aliphatic rings. The summed E-state index contributed by atoms with van der Waals surface area (Å²) in [6.45, 7) is 3.89. The first-order valence-corrected chi connectivity index (χ1v) is 9.71. The molecule has 148 valence electrons. The lowest BCUT2D eigenvalue weighted by atomic mass is 9.97. The molecule has 0 saturated carbocycles. The van der Waals surface area contributed by atoms with Gasteiger partial charge in [-0.2, -0.15) is 0 Å². The van der Waals surface area contributed by atoms with Gasteiger partial charge in [-0.25, -0.2) is 0 Å². The fraction of sp³-hybridized carbons (Fsp3) is 0.120. The molecule has 0 radical (unpaired) electrons. The smallest absolute Gasteiger partial charge is 0.295 e. The predicted octanol–water partition coefficient (Wildman–Crippen LogP) is 4.87. The maximum absolute atomic E-state index is 13.6.